The summed E-state index contributed by atoms with van der Waals surface area (Å²) in [6, 6.07) is 3.64. The van der Waals surface area contributed by atoms with Gasteiger partial charge >= 0.3 is 6.09 Å². The predicted molar refractivity (Wildman–Crippen MR) is 61.2 cm³/mol. The van der Waals surface area contributed by atoms with Crippen molar-refractivity contribution in [2.24, 2.45) is 0 Å². The van der Waals surface area contributed by atoms with Gasteiger partial charge in [-0.1, -0.05) is 0 Å². The number of nitrogens with zero attached hydrogens (tertiary/aromatic N) is 2. The molecule has 0 saturated carbocycles. The lowest BCUT2D eigenvalue weighted by Gasteiger charge is -2.06. The number of carboxylic acid groups (broad SMARTS) is 1. The molecule has 6 nitrogen and oxygen atoms in total. The third-order valence-corrected chi connectivity index (χ3v) is 2.28. The number of nitrogens with one attached hydrogen (secondary N) is 2. The fourth-order valence-corrected chi connectivity index (χ4v) is 1.43. The molecule has 1 heterocycles. The second-order valence-electron chi connectivity index (χ2n) is 2.82. The number of rotatable bonds is 4. The van der Waals surface area contributed by atoms with Gasteiger partial charge in [-0.25, -0.2) is 9.78 Å². The molecule has 16 heavy (non-hydrogen) atoms. The van der Waals surface area contributed by atoms with Gasteiger partial charge in [-0.05, 0) is 22.0 Å². The van der Waals surface area contributed by atoms with Crippen LogP contribution in [0.15, 0.2) is 16.7 Å². The Morgan fingerprint density at radius 3 is 2.94 bits per heavy atom. The SMILES string of the molecule is N#Cc1ncc(NCCNC(=O)O)cc1Br. The van der Waals surface area contributed by atoms with Gasteiger partial charge in [0.25, 0.3) is 0 Å². The third kappa shape index (κ3) is 3.74. The van der Waals surface area contributed by atoms with E-state index in [9.17, 15) is 4.79 Å². The molecule has 1 aromatic heterocycles. The monoisotopic (exact) mass is 284 g/mol. The quantitative estimate of drug-likeness (QED) is 0.726. The zero-order valence-electron chi connectivity index (χ0n) is 8.20. The Bertz CT molecular complexity index is 430. The van der Waals surface area contributed by atoms with E-state index in [1.54, 1.807) is 6.07 Å². The van der Waals surface area contributed by atoms with E-state index in [1.807, 2.05) is 6.07 Å². The van der Waals surface area contributed by atoms with Crippen molar-refractivity contribution in [3.63, 3.8) is 0 Å². The summed E-state index contributed by atoms with van der Waals surface area (Å²) in [5, 5.41) is 22.2. The summed E-state index contributed by atoms with van der Waals surface area (Å²) in [5.74, 6) is 0. The molecular formula is C9H9BrN4O2. The van der Waals surface area contributed by atoms with Gasteiger partial charge in [0, 0.05) is 13.1 Å². The van der Waals surface area contributed by atoms with Crippen LogP contribution in [0.2, 0.25) is 0 Å². The van der Waals surface area contributed by atoms with E-state index in [0.29, 0.717) is 23.3 Å². The Morgan fingerprint density at radius 2 is 2.38 bits per heavy atom. The molecule has 0 atom stereocenters. The second kappa shape index (κ2) is 5.92. The first-order valence-corrected chi connectivity index (χ1v) is 5.19. The van der Waals surface area contributed by atoms with Crippen LogP contribution in [0.5, 0.6) is 0 Å². The van der Waals surface area contributed by atoms with E-state index in [2.05, 4.69) is 31.5 Å². The van der Waals surface area contributed by atoms with E-state index >= 15 is 0 Å². The van der Waals surface area contributed by atoms with Crippen molar-refractivity contribution in [2.75, 3.05) is 18.4 Å². The molecular weight excluding hydrogens is 276 g/mol. The number of anilines is 1. The van der Waals surface area contributed by atoms with Gasteiger partial charge in [-0.15, -0.1) is 0 Å². The van der Waals surface area contributed by atoms with E-state index in [-0.39, 0.29) is 0 Å². The smallest absolute Gasteiger partial charge is 0.404 e. The summed E-state index contributed by atoms with van der Waals surface area (Å²) < 4.78 is 0.603. The van der Waals surface area contributed by atoms with Crippen LogP contribution in [-0.2, 0) is 0 Å². The minimum absolute atomic E-state index is 0.299. The van der Waals surface area contributed by atoms with Gasteiger partial charge in [0.2, 0.25) is 0 Å². The molecule has 3 N–H and O–H groups in total. The Balaban J connectivity index is 2.47. The molecule has 7 heteroatoms. The van der Waals surface area contributed by atoms with Crippen LogP contribution < -0.4 is 10.6 Å². The van der Waals surface area contributed by atoms with E-state index < -0.39 is 6.09 Å². The zero-order valence-corrected chi connectivity index (χ0v) is 9.78. The maximum Gasteiger partial charge on any atom is 0.404 e. The van der Waals surface area contributed by atoms with Crippen LogP contribution in [0, 0.1) is 11.3 Å². The fourth-order valence-electron chi connectivity index (χ4n) is 0.993. The minimum Gasteiger partial charge on any atom is -0.465 e. The molecule has 0 aliphatic rings. The van der Waals surface area contributed by atoms with Gasteiger partial charge in [0.15, 0.2) is 5.69 Å². The van der Waals surface area contributed by atoms with E-state index in [0.717, 1.165) is 5.69 Å². The standard InChI is InChI=1S/C9H9BrN4O2/c10-7-3-6(5-14-8(7)4-11)12-1-2-13-9(15)16/h3,5,12-13H,1-2H2,(H,15,16). The predicted octanol–water partition coefficient (Wildman–Crippen LogP) is 1.40. The first kappa shape index (κ1) is 12.3. The molecule has 0 saturated heterocycles. The van der Waals surface area contributed by atoms with Crippen molar-refractivity contribution in [3.8, 4) is 6.07 Å². The summed E-state index contributed by atoms with van der Waals surface area (Å²) in [5.41, 5.74) is 1.03. The number of carbonyl (C=O) groups is 1. The Morgan fingerprint density at radius 1 is 1.62 bits per heavy atom. The molecule has 1 aromatic rings. The fraction of sp³-hybridized carbons (Fsp3) is 0.222. The molecule has 1 rings (SSSR count). The first-order chi connectivity index (χ1) is 7.63. The van der Waals surface area contributed by atoms with Crippen LogP contribution in [0.3, 0.4) is 0 Å². The normalized spacial score (nSPS) is 9.25. The molecule has 0 bridgehead atoms. The number of hydrogen-bond donors (Lipinski definition) is 3. The van der Waals surface area contributed by atoms with Crippen molar-refractivity contribution < 1.29 is 9.90 Å². The summed E-state index contributed by atoms with van der Waals surface area (Å²) in [6.45, 7) is 0.749. The topological polar surface area (TPSA) is 98.0 Å². The van der Waals surface area contributed by atoms with Crippen molar-refractivity contribution in [2.45, 2.75) is 0 Å². The number of nitriles is 1. The van der Waals surface area contributed by atoms with Crippen molar-refractivity contribution in [1.82, 2.24) is 10.3 Å². The van der Waals surface area contributed by atoms with Gasteiger partial charge in [-0.3, -0.25) is 0 Å². The van der Waals surface area contributed by atoms with E-state index in [4.69, 9.17) is 10.4 Å². The average Bonchev–Trinajstić information content (AvgIpc) is 2.24. The van der Waals surface area contributed by atoms with Crippen LogP contribution in [0.4, 0.5) is 10.5 Å². The summed E-state index contributed by atoms with van der Waals surface area (Å²) in [4.78, 5) is 14.1. The van der Waals surface area contributed by atoms with Crippen molar-refractivity contribution in [3.05, 3.63) is 22.4 Å². The number of aromatic nitrogens is 1. The summed E-state index contributed by atoms with van der Waals surface area (Å²) in [6.07, 6.45) is 0.463. The number of amides is 1. The van der Waals surface area contributed by atoms with Crippen LogP contribution in [-0.4, -0.2) is 29.3 Å². The lowest BCUT2D eigenvalue weighted by atomic mass is 10.3. The van der Waals surface area contributed by atoms with Crippen LogP contribution >= 0.6 is 15.9 Å². The first-order valence-electron chi connectivity index (χ1n) is 4.40. The Kier molecular flexibility index (Phi) is 4.54. The molecule has 84 valence electrons. The molecule has 0 spiro atoms. The highest BCUT2D eigenvalue weighted by Gasteiger charge is 2.01. The molecule has 0 aliphatic heterocycles. The van der Waals surface area contributed by atoms with Gasteiger partial charge in [0.05, 0.1) is 16.4 Å². The third-order valence-electron chi connectivity index (χ3n) is 1.68. The number of pyridine rings is 1. The van der Waals surface area contributed by atoms with Crippen molar-refractivity contribution >= 4 is 27.7 Å². The number of halogens is 1. The maximum absolute atomic E-state index is 10.2. The lowest BCUT2D eigenvalue weighted by Crippen LogP contribution is -2.26. The van der Waals surface area contributed by atoms with Crippen LogP contribution in [0.1, 0.15) is 5.69 Å². The minimum atomic E-state index is -1.05. The van der Waals surface area contributed by atoms with Crippen molar-refractivity contribution in [1.29, 1.82) is 5.26 Å². The highest BCUT2D eigenvalue weighted by Crippen LogP contribution is 2.17. The van der Waals surface area contributed by atoms with E-state index in [1.165, 1.54) is 6.20 Å². The highest BCUT2D eigenvalue weighted by molar-refractivity contribution is 9.10. The lowest BCUT2D eigenvalue weighted by molar-refractivity contribution is 0.195. The molecule has 0 radical (unpaired) electrons. The van der Waals surface area contributed by atoms with Gasteiger partial charge in [-0.2, -0.15) is 5.26 Å². The van der Waals surface area contributed by atoms with Crippen LogP contribution in [0.25, 0.3) is 0 Å². The van der Waals surface area contributed by atoms with Gasteiger partial charge < -0.3 is 15.7 Å². The molecule has 0 aliphatic carbocycles. The summed E-state index contributed by atoms with van der Waals surface area (Å²) in [7, 11) is 0. The molecule has 1 amide bonds. The second-order valence-corrected chi connectivity index (χ2v) is 3.68. The highest BCUT2D eigenvalue weighted by atomic mass is 79.9. The largest absolute Gasteiger partial charge is 0.465 e. The number of hydrogen-bond acceptors (Lipinski definition) is 4. The molecule has 0 fully saturated rings. The molecule has 0 unspecified atom stereocenters. The van der Waals surface area contributed by atoms with Gasteiger partial charge in [0.1, 0.15) is 6.07 Å². The molecule has 0 aromatic carbocycles. The average molecular weight is 285 g/mol. The Hall–Kier alpha value is -1.81. The Labute approximate surface area is 100 Å². The maximum atomic E-state index is 10.2. The zero-order chi connectivity index (χ0) is 12.0. The summed E-state index contributed by atoms with van der Waals surface area (Å²) >= 11 is 3.20.